The van der Waals surface area contributed by atoms with Crippen molar-refractivity contribution in [3.63, 3.8) is 0 Å². The third kappa shape index (κ3) is 4.71. The Morgan fingerprint density at radius 1 is 1.22 bits per heavy atom. The molecule has 126 valence electrons. The molecule has 1 aliphatic heterocycles. The van der Waals surface area contributed by atoms with Crippen LogP contribution in [0.15, 0.2) is 24.3 Å². The molecule has 0 radical (unpaired) electrons. The summed E-state index contributed by atoms with van der Waals surface area (Å²) in [5.74, 6) is 0.422. The van der Waals surface area contributed by atoms with E-state index in [1.807, 2.05) is 36.0 Å². The maximum Gasteiger partial charge on any atom is 0.338 e. The number of likely N-dealkylation sites (tertiary alicyclic amines) is 1. The van der Waals surface area contributed by atoms with Gasteiger partial charge in [0.05, 0.1) is 5.56 Å². The zero-order valence-electron chi connectivity index (χ0n) is 14.4. The lowest BCUT2D eigenvalue weighted by atomic mass is 9.92. The molecule has 1 heterocycles. The molecule has 0 saturated carbocycles. The van der Waals surface area contributed by atoms with E-state index in [0.717, 1.165) is 25.2 Å². The highest BCUT2D eigenvalue weighted by Gasteiger charge is 2.26. The predicted molar refractivity (Wildman–Crippen MR) is 90.6 cm³/mol. The van der Waals surface area contributed by atoms with E-state index >= 15 is 0 Å². The standard InChI is InChI=1S/C18H26N2O3/c1-13-8-14(2)11-20(10-13)17(21)12-23-18(22)15-6-5-7-16(9-15)19(3)4/h5-7,9,13-14H,8,10-12H2,1-4H3. The number of carbonyl (C=O) groups is 2. The van der Waals surface area contributed by atoms with Crippen molar-refractivity contribution in [1.29, 1.82) is 0 Å². The summed E-state index contributed by atoms with van der Waals surface area (Å²) in [4.78, 5) is 28.1. The molecule has 0 N–H and O–H groups in total. The van der Waals surface area contributed by atoms with Crippen molar-refractivity contribution >= 4 is 17.6 Å². The first kappa shape index (κ1) is 17.3. The number of anilines is 1. The highest BCUT2D eigenvalue weighted by molar-refractivity contribution is 5.92. The zero-order chi connectivity index (χ0) is 17.0. The number of esters is 1. The summed E-state index contributed by atoms with van der Waals surface area (Å²) in [5, 5.41) is 0. The molecule has 2 rings (SSSR count). The second-order valence-corrected chi connectivity index (χ2v) is 6.77. The van der Waals surface area contributed by atoms with E-state index in [2.05, 4.69) is 13.8 Å². The van der Waals surface area contributed by atoms with Gasteiger partial charge in [-0.3, -0.25) is 4.79 Å². The van der Waals surface area contributed by atoms with Crippen molar-refractivity contribution in [2.45, 2.75) is 20.3 Å². The molecule has 1 fully saturated rings. The monoisotopic (exact) mass is 318 g/mol. The van der Waals surface area contributed by atoms with Crippen LogP contribution in [0.3, 0.4) is 0 Å². The van der Waals surface area contributed by atoms with Crippen molar-refractivity contribution in [2.75, 3.05) is 38.7 Å². The summed E-state index contributed by atoms with van der Waals surface area (Å²) in [6, 6.07) is 7.18. The fraction of sp³-hybridized carbons (Fsp3) is 0.556. The van der Waals surface area contributed by atoms with Gasteiger partial charge in [0.1, 0.15) is 0 Å². The molecule has 2 atom stereocenters. The number of benzene rings is 1. The Bertz CT molecular complexity index is 561. The number of hydrogen-bond acceptors (Lipinski definition) is 4. The van der Waals surface area contributed by atoms with Crippen LogP contribution in [0.25, 0.3) is 0 Å². The van der Waals surface area contributed by atoms with Crippen LogP contribution in [-0.4, -0.2) is 50.6 Å². The van der Waals surface area contributed by atoms with Crippen LogP contribution in [0.2, 0.25) is 0 Å². The van der Waals surface area contributed by atoms with Crippen molar-refractivity contribution in [2.24, 2.45) is 11.8 Å². The van der Waals surface area contributed by atoms with Gasteiger partial charge in [-0.2, -0.15) is 0 Å². The molecule has 1 saturated heterocycles. The topological polar surface area (TPSA) is 49.9 Å². The minimum atomic E-state index is -0.458. The second-order valence-electron chi connectivity index (χ2n) is 6.77. The van der Waals surface area contributed by atoms with Crippen LogP contribution in [0.1, 0.15) is 30.6 Å². The number of rotatable bonds is 4. The first-order chi connectivity index (χ1) is 10.9. The maximum atomic E-state index is 12.2. The predicted octanol–water partition coefficient (Wildman–Crippen LogP) is 2.41. The summed E-state index contributed by atoms with van der Waals surface area (Å²) in [6.45, 7) is 5.60. The molecule has 0 aromatic heterocycles. The quantitative estimate of drug-likeness (QED) is 0.800. The molecular formula is C18H26N2O3. The summed E-state index contributed by atoms with van der Waals surface area (Å²) in [7, 11) is 3.82. The van der Waals surface area contributed by atoms with Crippen LogP contribution in [0, 0.1) is 11.8 Å². The molecule has 2 unspecified atom stereocenters. The fourth-order valence-electron chi connectivity index (χ4n) is 3.08. The highest BCUT2D eigenvalue weighted by Crippen LogP contribution is 2.21. The SMILES string of the molecule is CC1CC(C)CN(C(=O)COC(=O)c2cccc(N(C)C)c2)C1. The van der Waals surface area contributed by atoms with Gasteiger partial charge in [0.25, 0.3) is 5.91 Å². The van der Waals surface area contributed by atoms with E-state index in [9.17, 15) is 9.59 Å². The van der Waals surface area contributed by atoms with Gasteiger partial charge in [0.2, 0.25) is 0 Å². The van der Waals surface area contributed by atoms with E-state index in [1.165, 1.54) is 0 Å². The molecular weight excluding hydrogens is 292 g/mol. The first-order valence-electron chi connectivity index (χ1n) is 8.09. The number of nitrogens with zero attached hydrogens (tertiary/aromatic N) is 2. The summed E-state index contributed by atoms with van der Waals surface area (Å²) in [5.41, 5.74) is 1.38. The van der Waals surface area contributed by atoms with E-state index in [-0.39, 0.29) is 12.5 Å². The second kappa shape index (κ2) is 7.49. The smallest absolute Gasteiger partial charge is 0.338 e. The third-order valence-electron chi connectivity index (χ3n) is 4.15. The number of hydrogen-bond donors (Lipinski definition) is 0. The number of amides is 1. The number of ether oxygens (including phenoxy) is 1. The molecule has 1 aromatic carbocycles. The van der Waals surface area contributed by atoms with E-state index in [0.29, 0.717) is 17.4 Å². The molecule has 0 spiro atoms. The maximum absolute atomic E-state index is 12.2. The van der Waals surface area contributed by atoms with Gasteiger partial charge in [0.15, 0.2) is 6.61 Å². The summed E-state index contributed by atoms with van der Waals surface area (Å²) >= 11 is 0. The summed E-state index contributed by atoms with van der Waals surface area (Å²) in [6.07, 6.45) is 1.14. The van der Waals surface area contributed by atoms with Gasteiger partial charge in [-0.25, -0.2) is 4.79 Å². The largest absolute Gasteiger partial charge is 0.452 e. The minimum Gasteiger partial charge on any atom is -0.452 e. The van der Waals surface area contributed by atoms with Crippen LogP contribution >= 0.6 is 0 Å². The van der Waals surface area contributed by atoms with Gasteiger partial charge in [-0.1, -0.05) is 19.9 Å². The van der Waals surface area contributed by atoms with Gasteiger partial charge in [0, 0.05) is 32.9 Å². The molecule has 1 aliphatic rings. The van der Waals surface area contributed by atoms with E-state index < -0.39 is 5.97 Å². The lowest BCUT2D eigenvalue weighted by molar-refractivity contribution is -0.137. The van der Waals surface area contributed by atoms with Crippen LogP contribution < -0.4 is 4.90 Å². The average molecular weight is 318 g/mol. The Kier molecular flexibility index (Phi) is 5.64. The molecule has 1 amide bonds. The van der Waals surface area contributed by atoms with E-state index in [4.69, 9.17) is 4.74 Å². The van der Waals surface area contributed by atoms with Crippen molar-refractivity contribution in [3.05, 3.63) is 29.8 Å². The Hall–Kier alpha value is -2.04. The molecule has 0 aliphatic carbocycles. The van der Waals surface area contributed by atoms with Crippen LogP contribution in [-0.2, 0) is 9.53 Å². The first-order valence-corrected chi connectivity index (χ1v) is 8.09. The van der Waals surface area contributed by atoms with Crippen LogP contribution in [0.4, 0.5) is 5.69 Å². The Labute approximate surface area is 138 Å². The lowest BCUT2D eigenvalue weighted by Crippen LogP contribution is -2.44. The van der Waals surface area contributed by atoms with Crippen molar-refractivity contribution < 1.29 is 14.3 Å². The minimum absolute atomic E-state index is 0.111. The molecule has 1 aromatic rings. The van der Waals surface area contributed by atoms with Crippen LogP contribution in [0.5, 0.6) is 0 Å². The van der Waals surface area contributed by atoms with Crippen molar-refractivity contribution in [3.8, 4) is 0 Å². The Morgan fingerprint density at radius 2 is 1.87 bits per heavy atom. The molecule has 0 bridgehead atoms. The fourth-order valence-corrected chi connectivity index (χ4v) is 3.08. The molecule has 23 heavy (non-hydrogen) atoms. The van der Waals surface area contributed by atoms with Gasteiger partial charge >= 0.3 is 5.97 Å². The van der Waals surface area contributed by atoms with E-state index in [1.54, 1.807) is 12.1 Å². The normalized spacial score (nSPS) is 21.0. The third-order valence-corrected chi connectivity index (χ3v) is 4.15. The molecule has 5 nitrogen and oxygen atoms in total. The summed E-state index contributed by atoms with van der Waals surface area (Å²) < 4.78 is 5.20. The molecule has 5 heteroatoms. The van der Waals surface area contributed by atoms with Crippen molar-refractivity contribution in [1.82, 2.24) is 4.90 Å². The Morgan fingerprint density at radius 3 is 2.48 bits per heavy atom. The number of piperidine rings is 1. The average Bonchev–Trinajstić information content (AvgIpc) is 2.51. The van der Waals surface area contributed by atoms with Gasteiger partial charge in [-0.05, 0) is 36.5 Å². The van der Waals surface area contributed by atoms with Gasteiger partial charge < -0.3 is 14.5 Å². The highest BCUT2D eigenvalue weighted by atomic mass is 16.5. The lowest BCUT2D eigenvalue weighted by Gasteiger charge is -2.34. The zero-order valence-corrected chi connectivity index (χ0v) is 14.4. The number of carbonyl (C=O) groups excluding carboxylic acids is 2. The Balaban J connectivity index is 1.91. The van der Waals surface area contributed by atoms with Gasteiger partial charge in [-0.15, -0.1) is 0 Å².